The van der Waals surface area contributed by atoms with Gasteiger partial charge in [-0.3, -0.25) is 4.98 Å². The third-order valence-electron chi connectivity index (χ3n) is 2.62. The van der Waals surface area contributed by atoms with Gasteiger partial charge in [-0.05, 0) is 36.9 Å². The summed E-state index contributed by atoms with van der Waals surface area (Å²) in [5.41, 5.74) is 0.941. The lowest BCUT2D eigenvalue weighted by Crippen LogP contribution is -2.23. The van der Waals surface area contributed by atoms with Crippen LogP contribution >= 0.6 is 11.3 Å². The van der Waals surface area contributed by atoms with Gasteiger partial charge < -0.3 is 10.1 Å². The van der Waals surface area contributed by atoms with Crippen LogP contribution in [0, 0.1) is 6.92 Å². The van der Waals surface area contributed by atoms with E-state index in [1.165, 1.54) is 4.88 Å². The van der Waals surface area contributed by atoms with Crippen LogP contribution < -0.4 is 10.1 Å². The van der Waals surface area contributed by atoms with Crippen LogP contribution in [0.1, 0.15) is 10.6 Å². The van der Waals surface area contributed by atoms with Gasteiger partial charge in [0, 0.05) is 24.2 Å². The van der Waals surface area contributed by atoms with E-state index in [1.54, 1.807) is 17.5 Å². The molecule has 3 nitrogen and oxygen atoms in total. The molecule has 0 aliphatic carbocycles. The monoisotopic (exact) mass is 262 g/mol. The molecule has 0 spiro atoms. The second-order valence-electron chi connectivity index (χ2n) is 4.01. The topological polar surface area (TPSA) is 34.1 Å². The second-order valence-corrected chi connectivity index (χ2v) is 5.05. The number of thiophene rings is 1. The Morgan fingerprint density at radius 1 is 1.28 bits per heavy atom. The van der Waals surface area contributed by atoms with Crippen LogP contribution in [0.15, 0.2) is 35.8 Å². The highest BCUT2D eigenvalue weighted by Crippen LogP contribution is 2.12. The fourth-order valence-electron chi connectivity index (χ4n) is 1.65. The molecule has 96 valence electrons. The molecule has 2 rings (SSSR count). The molecule has 0 aliphatic rings. The molecule has 0 aliphatic heterocycles. The maximum absolute atomic E-state index is 5.65. The van der Waals surface area contributed by atoms with Gasteiger partial charge in [0.2, 0.25) is 0 Å². The van der Waals surface area contributed by atoms with Crippen LogP contribution in [0.5, 0.6) is 5.75 Å². The van der Waals surface area contributed by atoms with Crippen LogP contribution in [-0.2, 0) is 6.42 Å². The van der Waals surface area contributed by atoms with E-state index in [1.807, 2.05) is 19.1 Å². The van der Waals surface area contributed by atoms with Gasteiger partial charge in [0.05, 0.1) is 5.69 Å². The van der Waals surface area contributed by atoms with Crippen LogP contribution in [0.2, 0.25) is 0 Å². The largest absolute Gasteiger partial charge is 0.490 e. The van der Waals surface area contributed by atoms with Crippen molar-refractivity contribution in [1.29, 1.82) is 0 Å². The molecule has 0 amide bonds. The molecule has 1 N–H and O–H groups in total. The Bertz CT molecular complexity index is 457. The van der Waals surface area contributed by atoms with Crippen molar-refractivity contribution >= 4 is 11.3 Å². The van der Waals surface area contributed by atoms with E-state index < -0.39 is 0 Å². The molecule has 0 atom stereocenters. The van der Waals surface area contributed by atoms with Crippen LogP contribution in [0.4, 0.5) is 0 Å². The summed E-state index contributed by atoms with van der Waals surface area (Å²) in [6, 6.07) is 8.11. The van der Waals surface area contributed by atoms with Crippen molar-refractivity contribution in [3.63, 3.8) is 0 Å². The van der Waals surface area contributed by atoms with E-state index in [4.69, 9.17) is 4.74 Å². The zero-order valence-corrected chi connectivity index (χ0v) is 11.4. The number of rotatable bonds is 7. The number of hydrogen-bond donors (Lipinski definition) is 1. The first-order chi connectivity index (χ1) is 8.86. The number of nitrogens with one attached hydrogen (secondary N) is 1. The van der Waals surface area contributed by atoms with Gasteiger partial charge in [0.15, 0.2) is 0 Å². The van der Waals surface area contributed by atoms with E-state index in [2.05, 4.69) is 27.8 Å². The van der Waals surface area contributed by atoms with Gasteiger partial charge in [0.25, 0.3) is 0 Å². The second kappa shape index (κ2) is 7.13. The quantitative estimate of drug-likeness (QED) is 0.779. The molecular formula is C14H18N2OS. The molecule has 0 bridgehead atoms. The van der Waals surface area contributed by atoms with Crippen molar-refractivity contribution in [2.45, 2.75) is 13.3 Å². The van der Waals surface area contributed by atoms with Gasteiger partial charge in [-0.2, -0.15) is 0 Å². The lowest BCUT2D eigenvalue weighted by atomic mass is 10.3. The molecular weight excluding hydrogens is 244 g/mol. The molecule has 4 heteroatoms. The Morgan fingerprint density at radius 3 is 3.00 bits per heavy atom. The number of aryl methyl sites for hydroxylation is 1. The van der Waals surface area contributed by atoms with Crippen LogP contribution in [-0.4, -0.2) is 24.7 Å². The average Bonchev–Trinajstić information content (AvgIpc) is 2.89. The van der Waals surface area contributed by atoms with Gasteiger partial charge in [-0.1, -0.05) is 6.07 Å². The minimum absolute atomic E-state index is 0.678. The molecule has 0 aromatic carbocycles. The maximum Gasteiger partial charge on any atom is 0.140 e. The summed E-state index contributed by atoms with van der Waals surface area (Å²) >= 11 is 1.81. The molecule has 0 saturated heterocycles. The summed E-state index contributed by atoms with van der Waals surface area (Å²) in [6.45, 7) is 4.49. The van der Waals surface area contributed by atoms with Crippen LogP contribution in [0.3, 0.4) is 0 Å². The molecule has 0 radical (unpaired) electrons. The predicted octanol–water partition coefficient (Wildman–Crippen LogP) is 2.66. The Morgan fingerprint density at radius 2 is 2.22 bits per heavy atom. The summed E-state index contributed by atoms with van der Waals surface area (Å²) < 4.78 is 5.65. The summed E-state index contributed by atoms with van der Waals surface area (Å²) in [5, 5.41) is 5.49. The Labute approximate surface area is 112 Å². The highest BCUT2D eigenvalue weighted by atomic mass is 32.1. The number of aromatic nitrogens is 1. The van der Waals surface area contributed by atoms with Crippen molar-refractivity contribution < 1.29 is 4.74 Å². The first-order valence-electron chi connectivity index (χ1n) is 6.14. The minimum Gasteiger partial charge on any atom is -0.490 e. The number of pyridine rings is 1. The molecule has 0 saturated carbocycles. The number of nitrogens with zero attached hydrogens (tertiary/aromatic N) is 1. The Hall–Kier alpha value is -1.39. The molecule has 2 heterocycles. The van der Waals surface area contributed by atoms with Crippen molar-refractivity contribution in [2.75, 3.05) is 19.7 Å². The van der Waals surface area contributed by atoms with Gasteiger partial charge in [-0.15, -0.1) is 11.3 Å². The van der Waals surface area contributed by atoms with E-state index in [0.717, 1.165) is 31.0 Å². The van der Waals surface area contributed by atoms with Crippen LogP contribution in [0.25, 0.3) is 0 Å². The summed E-state index contributed by atoms with van der Waals surface area (Å²) in [5.74, 6) is 0.873. The highest BCUT2D eigenvalue weighted by Gasteiger charge is 1.98. The third kappa shape index (κ3) is 4.13. The number of hydrogen-bond acceptors (Lipinski definition) is 4. The molecule has 0 unspecified atom stereocenters. The lowest BCUT2D eigenvalue weighted by Gasteiger charge is -2.08. The average molecular weight is 262 g/mol. The third-order valence-corrected chi connectivity index (χ3v) is 3.56. The smallest absolute Gasteiger partial charge is 0.140 e. The van der Waals surface area contributed by atoms with Crippen molar-refractivity contribution in [1.82, 2.24) is 10.3 Å². The van der Waals surface area contributed by atoms with E-state index >= 15 is 0 Å². The van der Waals surface area contributed by atoms with E-state index in [0.29, 0.717) is 6.61 Å². The van der Waals surface area contributed by atoms with E-state index in [-0.39, 0.29) is 0 Å². The molecule has 2 aromatic rings. The molecule has 2 aromatic heterocycles. The zero-order chi connectivity index (χ0) is 12.6. The van der Waals surface area contributed by atoms with Gasteiger partial charge >= 0.3 is 0 Å². The predicted molar refractivity (Wildman–Crippen MR) is 75.4 cm³/mol. The van der Waals surface area contributed by atoms with Gasteiger partial charge in [0.1, 0.15) is 12.4 Å². The standard InChI is InChI=1S/C14H18N2OS/c1-12-14(5-2-7-16-12)17-10-9-15-8-6-13-4-3-11-18-13/h2-5,7,11,15H,6,8-10H2,1H3. The summed E-state index contributed by atoms with van der Waals surface area (Å²) in [6.07, 6.45) is 2.87. The summed E-state index contributed by atoms with van der Waals surface area (Å²) in [7, 11) is 0. The first kappa shape index (κ1) is 13.1. The minimum atomic E-state index is 0.678. The Kier molecular flexibility index (Phi) is 5.17. The van der Waals surface area contributed by atoms with Gasteiger partial charge in [-0.25, -0.2) is 0 Å². The SMILES string of the molecule is Cc1ncccc1OCCNCCc1cccs1. The number of ether oxygens (including phenoxy) is 1. The van der Waals surface area contributed by atoms with E-state index in [9.17, 15) is 0 Å². The Balaban J connectivity index is 1.58. The summed E-state index contributed by atoms with van der Waals surface area (Å²) in [4.78, 5) is 5.61. The lowest BCUT2D eigenvalue weighted by molar-refractivity contribution is 0.311. The molecule has 0 fully saturated rings. The normalized spacial score (nSPS) is 10.5. The van der Waals surface area contributed by atoms with Crippen molar-refractivity contribution in [3.8, 4) is 5.75 Å². The molecule has 18 heavy (non-hydrogen) atoms. The zero-order valence-electron chi connectivity index (χ0n) is 10.6. The van der Waals surface area contributed by atoms with Crippen molar-refractivity contribution in [3.05, 3.63) is 46.4 Å². The van der Waals surface area contributed by atoms with Crippen molar-refractivity contribution in [2.24, 2.45) is 0 Å². The first-order valence-corrected chi connectivity index (χ1v) is 7.02. The highest BCUT2D eigenvalue weighted by molar-refractivity contribution is 7.09. The maximum atomic E-state index is 5.65. The fourth-order valence-corrected chi connectivity index (χ4v) is 2.36. The fraction of sp³-hybridized carbons (Fsp3) is 0.357.